The summed E-state index contributed by atoms with van der Waals surface area (Å²) in [6, 6.07) is 3.59. The van der Waals surface area contributed by atoms with Crippen molar-refractivity contribution < 1.29 is 14.3 Å². The third kappa shape index (κ3) is 4.94. The van der Waals surface area contributed by atoms with E-state index >= 15 is 0 Å². The second kappa shape index (κ2) is 9.25. The Bertz CT molecular complexity index is 545. The van der Waals surface area contributed by atoms with Crippen LogP contribution in [0.4, 0.5) is 5.82 Å². The van der Waals surface area contributed by atoms with Gasteiger partial charge in [0.1, 0.15) is 5.82 Å². The maximum absolute atomic E-state index is 12.2. The van der Waals surface area contributed by atoms with Crippen LogP contribution < -0.4 is 4.90 Å². The number of nitrogens with zero attached hydrogens (tertiary/aromatic N) is 3. The number of unbranched alkanes of at least 4 members (excludes halogenated alkanes) is 1. The third-order valence-corrected chi connectivity index (χ3v) is 4.18. The molecule has 0 aliphatic carbocycles. The van der Waals surface area contributed by atoms with E-state index in [1.54, 1.807) is 19.2 Å². The molecule has 0 saturated carbocycles. The molecular formula is C18H27N3O3. The van der Waals surface area contributed by atoms with E-state index in [0.717, 1.165) is 51.3 Å². The highest BCUT2D eigenvalue weighted by Gasteiger charge is 2.19. The molecule has 1 aromatic heterocycles. The lowest BCUT2D eigenvalue weighted by Gasteiger charge is -2.23. The minimum Gasteiger partial charge on any atom is -0.462 e. The van der Waals surface area contributed by atoms with E-state index in [0.29, 0.717) is 18.6 Å². The van der Waals surface area contributed by atoms with Crippen LogP contribution in [0, 0.1) is 0 Å². The Hall–Kier alpha value is -2.11. The van der Waals surface area contributed by atoms with Crippen molar-refractivity contribution >= 4 is 17.7 Å². The first-order valence-electron chi connectivity index (χ1n) is 8.81. The molecule has 1 aromatic rings. The van der Waals surface area contributed by atoms with E-state index in [-0.39, 0.29) is 11.9 Å². The zero-order valence-corrected chi connectivity index (χ0v) is 14.7. The third-order valence-electron chi connectivity index (χ3n) is 4.18. The fourth-order valence-corrected chi connectivity index (χ4v) is 2.79. The van der Waals surface area contributed by atoms with E-state index in [9.17, 15) is 9.59 Å². The number of carbonyl (C=O) groups excluding carboxylic acids is 2. The number of amides is 1. The molecule has 0 spiro atoms. The van der Waals surface area contributed by atoms with Gasteiger partial charge in [0.25, 0.3) is 0 Å². The van der Waals surface area contributed by atoms with Gasteiger partial charge in [0.2, 0.25) is 5.91 Å². The molecule has 0 bridgehead atoms. The molecule has 132 valence electrons. The summed E-state index contributed by atoms with van der Waals surface area (Å²) in [4.78, 5) is 32.4. The highest BCUT2D eigenvalue weighted by molar-refractivity contribution is 5.89. The lowest BCUT2D eigenvalue weighted by molar-refractivity contribution is -0.131. The Morgan fingerprint density at radius 3 is 2.67 bits per heavy atom. The Morgan fingerprint density at radius 1 is 1.17 bits per heavy atom. The number of anilines is 1. The maximum Gasteiger partial charge on any atom is 0.339 e. The number of rotatable bonds is 6. The van der Waals surface area contributed by atoms with Crippen LogP contribution in [0.25, 0.3) is 0 Å². The van der Waals surface area contributed by atoms with Gasteiger partial charge in [-0.15, -0.1) is 0 Å². The molecule has 1 aliphatic heterocycles. The van der Waals surface area contributed by atoms with Crippen LogP contribution in [-0.2, 0) is 9.53 Å². The monoisotopic (exact) mass is 333 g/mol. The molecular weight excluding hydrogens is 306 g/mol. The van der Waals surface area contributed by atoms with Crippen molar-refractivity contribution in [3.05, 3.63) is 23.9 Å². The van der Waals surface area contributed by atoms with Gasteiger partial charge >= 0.3 is 5.97 Å². The quantitative estimate of drug-likeness (QED) is 0.749. The topological polar surface area (TPSA) is 62.7 Å². The molecule has 6 nitrogen and oxygen atoms in total. The Labute approximate surface area is 143 Å². The fourth-order valence-electron chi connectivity index (χ4n) is 2.79. The SMILES string of the molecule is CCCCC(=O)N1CCCN(c2ccc(C(=O)OCC)cn2)CC1. The van der Waals surface area contributed by atoms with Crippen LogP contribution in [0.2, 0.25) is 0 Å². The predicted octanol–water partition coefficient (Wildman–Crippen LogP) is 2.49. The molecule has 1 aliphatic rings. The first-order valence-corrected chi connectivity index (χ1v) is 8.81. The lowest BCUT2D eigenvalue weighted by Crippen LogP contribution is -2.35. The standard InChI is InChI=1S/C18H27N3O3/c1-3-5-7-17(22)21-11-6-10-20(12-13-21)16-9-8-15(14-19-16)18(23)24-4-2/h8-9,14H,3-7,10-13H2,1-2H3. The molecule has 1 fully saturated rings. The lowest BCUT2D eigenvalue weighted by atomic mass is 10.2. The minimum absolute atomic E-state index is 0.254. The maximum atomic E-state index is 12.2. The van der Waals surface area contributed by atoms with Crippen LogP contribution in [-0.4, -0.2) is 54.5 Å². The highest BCUT2D eigenvalue weighted by atomic mass is 16.5. The zero-order chi connectivity index (χ0) is 17.4. The fraction of sp³-hybridized carbons (Fsp3) is 0.611. The molecule has 2 rings (SSSR count). The van der Waals surface area contributed by atoms with Gasteiger partial charge in [-0.25, -0.2) is 9.78 Å². The van der Waals surface area contributed by atoms with Gasteiger partial charge in [0.05, 0.1) is 12.2 Å². The van der Waals surface area contributed by atoms with Crippen LogP contribution >= 0.6 is 0 Å². The smallest absolute Gasteiger partial charge is 0.339 e. The second-order valence-electron chi connectivity index (χ2n) is 5.95. The van der Waals surface area contributed by atoms with Crippen molar-refractivity contribution in [1.82, 2.24) is 9.88 Å². The number of hydrogen-bond acceptors (Lipinski definition) is 5. The Morgan fingerprint density at radius 2 is 2.00 bits per heavy atom. The van der Waals surface area contributed by atoms with Gasteiger partial charge in [0, 0.05) is 38.8 Å². The predicted molar refractivity (Wildman–Crippen MR) is 93.1 cm³/mol. The number of hydrogen-bond donors (Lipinski definition) is 0. The first kappa shape index (κ1) is 18.2. The van der Waals surface area contributed by atoms with E-state index in [1.165, 1.54) is 0 Å². The van der Waals surface area contributed by atoms with Gasteiger partial charge in [-0.05, 0) is 31.9 Å². The van der Waals surface area contributed by atoms with Gasteiger partial charge in [-0.2, -0.15) is 0 Å². The van der Waals surface area contributed by atoms with Gasteiger partial charge in [0.15, 0.2) is 0 Å². The number of ether oxygens (including phenoxy) is 1. The summed E-state index contributed by atoms with van der Waals surface area (Å²) in [7, 11) is 0. The van der Waals surface area contributed by atoms with Crippen LogP contribution in [0.1, 0.15) is 49.9 Å². The largest absolute Gasteiger partial charge is 0.462 e. The molecule has 0 N–H and O–H groups in total. The van der Waals surface area contributed by atoms with E-state index in [4.69, 9.17) is 4.74 Å². The van der Waals surface area contributed by atoms with Gasteiger partial charge < -0.3 is 14.5 Å². The number of esters is 1. The summed E-state index contributed by atoms with van der Waals surface area (Å²) < 4.78 is 4.97. The molecule has 1 saturated heterocycles. The summed E-state index contributed by atoms with van der Waals surface area (Å²) in [6.07, 6.45) is 5.13. The summed E-state index contributed by atoms with van der Waals surface area (Å²) in [5.74, 6) is 0.746. The summed E-state index contributed by atoms with van der Waals surface area (Å²) >= 11 is 0. The van der Waals surface area contributed by atoms with Crippen molar-refractivity contribution in [2.24, 2.45) is 0 Å². The average Bonchev–Trinajstić information content (AvgIpc) is 2.86. The molecule has 0 atom stereocenters. The first-order chi connectivity index (χ1) is 11.7. The molecule has 6 heteroatoms. The van der Waals surface area contributed by atoms with Crippen LogP contribution in [0.5, 0.6) is 0 Å². The molecule has 0 radical (unpaired) electrons. The van der Waals surface area contributed by atoms with Gasteiger partial charge in [-0.1, -0.05) is 13.3 Å². The highest BCUT2D eigenvalue weighted by Crippen LogP contribution is 2.15. The Balaban J connectivity index is 1.93. The molecule has 1 amide bonds. The van der Waals surface area contributed by atoms with E-state index < -0.39 is 0 Å². The normalized spacial score (nSPS) is 15.1. The van der Waals surface area contributed by atoms with E-state index in [1.807, 2.05) is 11.0 Å². The zero-order valence-electron chi connectivity index (χ0n) is 14.7. The number of carbonyl (C=O) groups is 2. The van der Waals surface area contributed by atoms with E-state index in [2.05, 4.69) is 16.8 Å². The Kier molecular flexibility index (Phi) is 7.03. The second-order valence-corrected chi connectivity index (χ2v) is 5.95. The number of aromatic nitrogens is 1. The molecule has 0 unspecified atom stereocenters. The van der Waals surface area contributed by atoms with Crippen LogP contribution in [0.3, 0.4) is 0 Å². The van der Waals surface area contributed by atoms with Crippen molar-refractivity contribution in [2.75, 3.05) is 37.7 Å². The van der Waals surface area contributed by atoms with Crippen molar-refractivity contribution in [3.8, 4) is 0 Å². The van der Waals surface area contributed by atoms with Crippen molar-refractivity contribution in [3.63, 3.8) is 0 Å². The summed E-state index contributed by atoms with van der Waals surface area (Å²) in [5.41, 5.74) is 0.465. The van der Waals surface area contributed by atoms with Crippen LogP contribution in [0.15, 0.2) is 18.3 Å². The minimum atomic E-state index is -0.347. The average molecular weight is 333 g/mol. The van der Waals surface area contributed by atoms with Crippen molar-refractivity contribution in [2.45, 2.75) is 39.5 Å². The molecule has 2 heterocycles. The summed E-state index contributed by atoms with van der Waals surface area (Å²) in [5, 5.41) is 0. The number of pyridine rings is 1. The van der Waals surface area contributed by atoms with Gasteiger partial charge in [-0.3, -0.25) is 4.79 Å². The molecule has 24 heavy (non-hydrogen) atoms. The summed E-state index contributed by atoms with van der Waals surface area (Å²) in [6.45, 7) is 7.40. The van der Waals surface area contributed by atoms with Crippen molar-refractivity contribution in [1.29, 1.82) is 0 Å². The molecule has 0 aromatic carbocycles.